The highest BCUT2D eigenvalue weighted by atomic mass is 35.5. The van der Waals surface area contributed by atoms with Gasteiger partial charge in [-0.1, -0.05) is 17.7 Å². The first-order chi connectivity index (χ1) is 20.8. The summed E-state index contributed by atoms with van der Waals surface area (Å²) in [4.78, 5) is 14.2. The molecule has 4 aliphatic rings. The van der Waals surface area contributed by atoms with Gasteiger partial charge in [-0.25, -0.2) is 8.78 Å². The highest BCUT2D eigenvalue weighted by Gasteiger charge is 2.45. The van der Waals surface area contributed by atoms with Crippen LogP contribution in [0.25, 0.3) is 32.1 Å². The van der Waals surface area contributed by atoms with Crippen LogP contribution in [0.5, 0.6) is 6.01 Å². The van der Waals surface area contributed by atoms with Gasteiger partial charge in [-0.05, 0) is 69.3 Å². The normalized spacial score (nSPS) is 22.9. The first kappa shape index (κ1) is 27.3. The first-order valence-corrected chi connectivity index (χ1v) is 16.0. The highest BCUT2D eigenvalue weighted by molar-refractivity contribution is 7.23. The Bertz CT molecular complexity index is 1820. The number of hydrogen-bond acceptors (Lipinski definition) is 9. The highest BCUT2D eigenvalue weighted by Crippen LogP contribution is 2.46. The number of nitriles is 1. The molecule has 6 heterocycles. The lowest BCUT2D eigenvalue weighted by Crippen LogP contribution is -2.51. The van der Waals surface area contributed by atoms with Crippen LogP contribution in [0.2, 0.25) is 5.02 Å². The number of halogens is 3. The maximum Gasteiger partial charge on any atom is 0.319 e. The molecule has 8 rings (SSSR count). The molecule has 4 fully saturated rings. The Morgan fingerprint density at radius 2 is 1.91 bits per heavy atom. The summed E-state index contributed by atoms with van der Waals surface area (Å²) < 4.78 is 38.2. The van der Waals surface area contributed by atoms with E-state index in [0.717, 1.165) is 76.0 Å². The topological polar surface area (TPSA) is 103 Å². The number of nitrogen functional groups attached to an aromatic ring is 1. The fourth-order valence-electron chi connectivity index (χ4n) is 7.85. The molecule has 0 radical (unpaired) electrons. The molecule has 2 aromatic heterocycles. The molecule has 4 aromatic rings. The Morgan fingerprint density at radius 1 is 1.16 bits per heavy atom. The third kappa shape index (κ3) is 4.25. The van der Waals surface area contributed by atoms with E-state index in [2.05, 4.69) is 26.2 Å². The van der Waals surface area contributed by atoms with E-state index in [1.165, 1.54) is 12.1 Å². The van der Waals surface area contributed by atoms with Crippen molar-refractivity contribution in [2.75, 3.05) is 43.4 Å². The maximum atomic E-state index is 16.9. The molecule has 4 aliphatic heterocycles. The molecule has 0 unspecified atom stereocenters. The summed E-state index contributed by atoms with van der Waals surface area (Å²) in [6.07, 6.45) is 6.56. The second kappa shape index (κ2) is 10.1. The van der Waals surface area contributed by atoms with Gasteiger partial charge in [0.25, 0.3) is 0 Å². The molecule has 12 heteroatoms. The van der Waals surface area contributed by atoms with Gasteiger partial charge < -0.3 is 20.7 Å². The average Bonchev–Trinajstić information content (AvgIpc) is 3.75. The van der Waals surface area contributed by atoms with Crippen molar-refractivity contribution >= 4 is 54.7 Å². The minimum Gasteiger partial charge on any atom is -0.461 e. The van der Waals surface area contributed by atoms with E-state index >= 15 is 4.39 Å². The van der Waals surface area contributed by atoms with Crippen molar-refractivity contribution < 1.29 is 13.5 Å². The molecule has 2 atom stereocenters. The number of anilines is 2. The number of aromatic nitrogens is 2. The van der Waals surface area contributed by atoms with Crippen molar-refractivity contribution in [3.8, 4) is 23.2 Å². The predicted octanol–water partition coefficient (Wildman–Crippen LogP) is 5.84. The van der Waals surface area contributed by atoms with Crippen molar-refractivity contribution in [1.82, 2.24) is 20.2 Å². The second-order valence-corrected chi connectivity index (χ2v) is 13.7. The smallest absolute Gasteiger partial charge is 0.319 e. The van der Waals surface area contributed by atoms with Crippen LogP contribution < -0.4 is 20.7 Å². The van der Waals surface area contributed by atoms with Gasteiger partial charge >= 0.3 is 6.01 Å². The number of hydrogen-bond donors (Lipinski definition) is 2. The Morgan fingerprint density at radius 3 is 2.63 bits per heavy atom. The summed E-state index contributed by atoms with van der Waals surface area (Å²) in [6, 6.07) is 7.24. The third-order valence-corrected chi connectivity index (χ3v) is 11.2. The molecule has 0 spiro atoms. The van der Waals surface area contributed by atoms with Gasteiger partial charge in [-0.3, -0.25) is 4.90 Å². The van der Waals surface area contributed by atoms with Crippen LogP contribution in [-0.2, 0) is 0 Å². The van der Waals surface area contributed by atoms with Gasteiger partial charge in [0.1, 0.15) is 34.8 Å². The molecule has 2 aromatic carbocycles. The van der Waals surface area contributed by atoms with Crippen LogP contribution in [-0.4, -0.2) is 65.3 Å². The molecule has 0 amide bonds. The van der Waals surface area contributed by atoms with Gasteiger partial charge in [0.15, 0.2) is 5.82 Å². The predicted molar refractivity (Wildman–Crippen MR) is 165 cm³/mol. The number of benzene rings is 2. The fourth-order valence-corrected chi connectivity index (χ4v) is 9.09. The van der Waals surface area contributed by atoms with E-state index in [9.17, 15) is 9.65 Å². The van der Waals surface area contributed by atoms with E-state index in [0.29, 0.717) is 35.5 Å². The first-order valence-electron chi connectivity index (χ1n) is 14.8. The number of nitrogens with one attached hydrogen (secondary N) is 1. The molecular weight excluding hydrogens is 592 g/mol. The van der Waals surface area contributed by atoms with Gasteiger partial charge in [0.05, 0.1) is 20.8 Å². The van der Waals surface area contributed by atoms with Crippen LogP contribution >= 0.6 is 22.9 Å². The lowest BCUT2D eigenvalue weighted by molar-refractivity contribution is 0.108. The van der Waals surface area contributed by atoms with Crippen LogP contribution in [0.15, 0.2) is 18.2 Å². The molecule has 4 saturated heterocycles. The van der Waals surface area contributed by atoms with Crippen molar-refractivity contribution in [1.29, 1.82) is 5.26 Å². The summed E-state index contributed by atoms with van der Waals surface area (Å²) >= 11 is 7.81. The number of ether oxygens (including phenoxy) is 1. The molecule has 3 N–H and O–H groups in total. The summed E-state index contributed by atoms with van der Waals surface area (Å²) in [6.45, 7) is 4.05. The second-order valence-electron chi connectivity index (χ2n) is 12.3. The van der Waals surface area contributed by atoms with Crippen LogP contribution in [0.3, 0.4) is 0 Å². The summed E-state index contributed by atoms with van der Waals surface area (Å²) in [5, 5.41) is 14.5. The minimum absolute atomic E-state index is 0.0252. The van der Waals surface area contributed by atoms with E-state index in [4.69, 9.17) is 27.1 Å². The fraction of sp³-hybridized carbons (Fsp3) is 0.452. The zero-order chi connectivity index (χ0) is 29.5. The van der Waals surface area contributed by atoms with E-state index in [1.807, 2.05) is 0 Å². The number of nitrogens with two attached hydrogens (primary N) is 1. The molecular formula is C31H30ClF2N7OS. The quantitative estimate of drug-likeness (QED) is 0.286. The Kier molecular flexibility index (Phi) is 6.42. The zero-order valence-electron chi connectivity index (χ0n) is 23.4. The van der Waals surface area contributed by atoms with E-state index in [-0.39, 0.29) is 48.3 Å². The van der Waals surface area contributed by atoms with Gasteiger partial charge in [0, 0.05) is 41.5 Å². The van der Waals surface area contributed by atoms with E-state index < -0.39 is 11.6 Å². The maximum absolute atomic E-state index is 16.9. The van der Waals surface area contributed by atoms with Crippen LogP contribution in [0.4, 0.5) is 19.6 Å². The minimum atomic E-state index is -0.669. The SMILES string of the molecule is N#Cc1c(N)sc2c(F)ccc(-c3c(Cl)cc4c(N5C[C@H]6CC[C@@H](C5)N6)nc(OCC56CCCN5CCC6)nc4c3F)c12. The average molecular weight is 622 g/mol. The molecule has 0 aliphatic carbocycles. The Balaban J connectivity index is 1.30. The van der Waals surface area contributed by atoms with Gasteiger partial charge in [0.2, 0.25) is 0 Å². The number of rotatable bonds is 5. The van der Waals surface area contributed by atoms with Crippen LogP contribution in [0, 0.1) is 23.0 Å². The summed E-state index contributed by atoms with van der Waals surface area (Å²) in [5.74, 6) is -0.605. The lowest BCUT2D eigenvalue weighted by Gasteiger charge is -2.35. The molecule has 0 saturated carbocycles. The van der Waals surface area contributed by atoms with Crippen molar-refractivity contribution in [3.05, 3.63) is 40.4 Å². The molecule has 222 valence electrons. The standard InChI is InChI=1S/C31H30ClF2N7OS/c32-21-11-19-26(25(34)24(21)18-5-6-22(33)27-23(18)20(12-35)28(36)43-27)38-30(42-15-31-7-1-9-41(31)10-2-8-31)39-29(19)40-13-16-3-4-17(14-40)37-16/h5-6,11,16-17,37H,1-4,7-10,13-15,36H2/t16-,17+. The van der Waals surface area contributed by atoms with Gasteiger partial charge in [-0.2, -0.15) is 15.2 Å². The van der Waals surface area contributed by atoms with Gasteiger partial charge in [-0.15, -0.1) is 11.3 Å². The van der Waals surface area contributed by atoms with Crippen molar-refractivity contribution in [2.24, 2.45) is 0 Å². The molecule has 8 nitrogen and oxygen atoms in total. The largest absolute Gasteiger partial charge is 0.461 e. The monoisotopic (exact) mass is 621 g/mol. The number of piperazine rings is 1. The zero-order valence-corrected chi connectivity index (χ0v) is 25.0. The lowest BCUT2D eigenvalue weighted by atomic mass is 9.95. The third-order valence-electron chi connectivity index (χ3n) is 9.84. The number of thiophene rings is 1. The Hall–Kier alpha value is -3.30. The Labute approximate surface area is 256 Å². The van der Waals surface area contributed by atoms with E-state index in [1.54, 1.807) is 6.07 Å². The number of fused-ring (bicyclic) bond motifs is 5. The molecule has 43 heavy (non-hydrogen) atoms. The number of nitrogens with zero attached hydrogens (tertiary/aromatic N) is 5. The summed E-state index contributed by atoms with van der Waals surface area (Å²) in [5.41, 5.74) is 6.56. The van der Waals surface area contributed by atoms with Crippen LogP contribution in [0.1, 0.15) is 44.1 Å². The summed E-state index contributed by atoms with van der Waals surface area (Å²) in [7, 11) is 0. The van der Waals surface area contributed by atoms with Crippen molar-refractivity contribution in [2.45, 2.75) is 56.1 Å². The van der Waals surface area contributed by atoms with Crippen molar-refractivity contribution in [3.63, 3.8) is 0 Å². The molecule has 2 bridgehead atoms.